The summed E-state index contributed by atoms with van der Waals surface area (Å²) in [5, 5.41) is 5.85. The second-order valence-corrected chi connectivity index (χ2v) is 8.51. The van der Waals surface area contributed by atoms with Crippen molar-refractivity contribution in [2.45, 2.75) is 6.23 Å². The minimum Gasteiger partial charge on any atom is -0.464 e. The van der Waals surface area contributed by atoms with Crippen LogP contribution in [0.4, 0.5) is 5.69 Å². The van der Waals surface area contributed by atoms with E-state index in [0.717, 1.165) is 50.4 Å². The number of rotatable bonds is 3. The molecule has 1 aliphatic rings. The van der Waals surface area contributed by atoms with Crippen molar-refractivity contribution >= 4 is 27.5 Å². The summed E-state index contributed by atoms with van der Waals surface area (Å²) in [6.45, 7) is 0. The number of benzene rings is 4. The molecular formula is C30H21N3O. The Balaban J connectivity index is 1.44. The van der Waals surface area contributed by atoms with Crippen LogP contribution in [0.25, 0.3) is 38.8 Å². The van der Waals surface area contributed by atoms with Crippen LogP contribution in [0.3, 0.4) is 0 Å². The number of ether oxygens (including phenoxy) is 1. The van der Waals surface area contributed by atoms with E-state index < -0.39 is 0 Å². The summed E-state index contributed by atoms with van der Waals surface area (Å²) in [5.74, 6) is 0.905. The molecular weight excluding hydrogens is 418 g/mol. The predicted molar refractivity (Wildman–Crippen MR) is 137 cm³/mol. The molecule has 0 fully saturated rings. The molecule has 7 rings (SSSR count). The predicted octanol–water partition coefficient (Wildman–Crippen LogP) is 7.35. The van der Waals surface area contributed by atoms with Gasteiger partial charge in [-0.25, -0.2) is 0 Å². The first-order valence-corrected chi connectivity index (χ1v) is 11.4. The van der Waals surface area contributed by atoms with Gasteiger partial charge >= 0.3 is 0 Å². The second kappa shape index (κ2) is 7.49. The molecule has 1 atom stereocenters. The van der Waals surface area contributed by atoms with E-state index >= 15 is 0 Å². The van der Waals surface area contributed by atoms with Crippen LogP contribution >= 0.6 is 0 Å². The summed E-state index contributed by atoms with van der Waals surface area (Å²) in [7, 11) is 0. The Labute approximate surface area is 197 Å². The van der Waals surface area contributed by atoms with Gasteiger partial charge in [0.05, 0.1) is 27.8 Å². The first-order chi connectivity index (χ1) is 16.9. The van der Waals surface area contributed by atoms with Crippen LogP contribution in [-0.4, -0.2) is 9.55 Å². The molecule has 0 bridgehead atoms. The summed E-state index contributed by atoms with van der Waals surface area (Å²) >= 11 is 0. The lowest BCUT2D eigenvalue weighted by Gasteiger charge is -2.11. The molecule has 0 spiro atoms. The number of fused-ring (bicyclic) bond motifs is 5. The van der Waals surface area contributed by atoms with Crippen molar-refractivity contribution in [2.24, 2.45) is 0 Å². The van der Waals surface area contributed by atoms with Crippen LogP contribution in [0.2, 0.25) is 0 Å². The third-order valence-electron chi connectivity index (χ3n) is 6.48. The highest BCUT2D eigenvalue weighted by molar-refractivity contribution is 6.14. The molecule has 1 N–H and O–H groups in total. The van der Waals surface area contributed by atoms with E-state index in [1.807, 2.05) is 42.6 Å². The second-order valence-electron chi connectivity index (χ2n) is 8.51. The number of nitrogens with one attached hydrogen (secondary N) is 1. The van der Waals surface area contributed by atoms with Gasteiger partial charge in [-0.3, -0.25) is 4.98 Å². The topological polar surface area (TPSA) is 39.1 Å². The molecule has 1 unspecified atom stereocenters. The lowest BCUT2D eigenvalue weighted by atomic mass is 10.1. The summed E-state index contributed by atoms with van der Waals surface area (Å²) in [6, 6.07) is 37.7. The van der Waals surface area contributed by atoms with Gasteiger partial charge in [0.1, 0.15) is 0 Å². The van der Waals surface area contributed by atoms with Crippen molar-refractivity contribution in [1.29, 1.82) is 0 Å². The van der Waals surface area contributed by atoms with Gasteiger partial charge in [0.15, 0.2) is 12.0 Å². The highest BCUT2D eigenvalue weighted by Gasteiger charge is 2.28. The Kier molecular flexibility index (Phi) is 4.18. The molecule has 34 heavy (non-hydrogen) atoms. The Hall–Kier alpha value is -4.57. The summed E-state index contributed by atoms with van der Waals surface area (Å²) < 4.78 is 8.84. The van der Waals surface area contributed by atoms with Crippen LogP contribution in [-0.2, 0) is 0 Å². The lowest BCUT2D eigenvalue weighted by molar-refractivity contribution is 0.263. The number of hydrogen-bond donors (Lipinski definition) is 1. The smallest absolute Gasteiger partial charge is 0.196 e. The van der Waals surface area contributed by atoms with Gasteiger partial charge in [0.2, 0.25) is 0 Å². The third-order valence-corrected chi connectivity index (χ3v) is 6.48. The van der Waals surface area contributed by atoms with Gasteiger partial charge < -0.3 is 14.6 Å². The normalized spacial score (nSPS) is 14.6. The molecule has 0 radical (unpaired) electrons. The van der Waals surface area contributed by atoms with Crippen molar-refractivity contribution in [3.63, 3.8) is 0 Å². The van der Waals surface area contributed by atoms with E-state index in [1.165, 1.54) is 5.39 Å². The standard InChI is InChI=1S/C30H21N3O/c1-2-9-20(10-3-1)30-32-25-16-17-27-28(29(25)34-30)23-13-4-5-15-26(23)33(27)22-12-8-11-21(19-22)24-14-6-7-18-31-24/h1-19,30,32H. The van der Waals surface area contributed by atoms with Crippen LogP contribution in [0.5, 0.6) is 5.75 Å². The minimum atomic E-state index is -0.198. The highest BCUT2D eigenvalue weighted by atomic mass is 16.5. The van der Waals surface area contributed by atoms with E-state index in [1.54, 1.807) is 0 Å². The zero-order valence-corrected chi connectivity index (χ0v) is 18.3. The fourth-order valence-corrected chi connectivity index (χ4v) is 4.95. The Morgan fingerprint density at radius 1 is 0.735 bits per heavy atom. The molecule has 0 amide bonds. The Bertz CT molecular complexity index is 1660. The SMILES string of the molecule is c1ccc(C2Nc3ccc4c(c3O2)c2ccccc2n4-c2cccc(-c3ccccn3)c2)cc1. The van der Waals surface area contributed by atoms with Crippen molar-refractivity contribution in [3.8, 4) is 22.7 Å². The molecule has 0 saturated heterocycles. The van der Waals surface area contributed by atoms with Crippen molar-refractivity contribution in [2.75, 3.05) is 5.32 Å². The number of para-hydroxylation sites is 1. The number of aromatic nitrogens is 2. The van der Waals surface area contributed by atoms with Crippen LogP contribution in [0.15, 0.2) is 115 Å². The molecule has 2 aromatic heterocycles. The van der Waals surface area contributed by atoms with E-state index in [-0.39, 0.29) is 6.23 Å². The molecule has 4 heteroatoms. The van der Waals surface area contributed by atoms with Crippen molar-refractivity contribution < 1.29 is 4.74 Å². The zero-order chi connectivity index (χ0) is 22.5. The summed E-state index contributed by atoms with van der Waals surface area (Å²) in [6.07, 6.45) is 1.63. The minimum absolute atomic E-state index is 0.198. The van der Waals surface area contributed by atoms with Gasteiger partial charge in [-0.05, 0) is 42.5 Å². The van der Waals surface area contributed by atoms with Gasteiger partial charge in [-0.15, -0.1) is 0 Å². The molecule has 3 heterocycles. The van der Waals surface area contributed by atoms with Crippen LogP contribution < -0.4 is 10.1 Å². The molecule has 6 aromatic rings. The molecule has 4 aromatic carbocycles. The van der Waals surface area contributed by atoms with Gasteiger partial charge in [-0.1, -0.05) is 66.7 Å². The number of hydrogen-bond acceptors (Lipinski definition) is 3. The van der Waals surface area contributed by atoms with Crippen LogP contribution in [0, 0.1) is 0 Å². The van der Waals surface area contributed by atoms with Crippen LogP contribution in [0.1, 0.15) is 11.8 Å². The fourth-order valence-electron chi connectivity index (χ4n) is 4.95. The maximum Gasteiger partial charge on any atom is 0.196 e. The Morgan fingerprint density at radius 3 is 2.47 bits per heavy atom. The van der Waals surface area contributed by atoms with Crippen molar-refractivity contribution in [3.05, 3.63) is 121 Å². The summed E-state index contributed by atoms with van der Waals surface area (Å²) in [4.78, 5) is 4.54. The molecule has 162 valence electrons. The number of pyridine rings is 1. The maximum absolute atomic E-state index is 6.52. The molecule has 0 aliphatic carbocycles. The van der Waals surface area contributed by atoms with Gasteiger partial charge in [-0.2, -0.15) is 0 Å². The van der Waals surface area contributed by atoms with E-state index in [0.29, 0.717) is 0 Å². The molecule has 1 aliphatic heterocycles. The quantitative estimate of drug-likeness (QED) is 0.313. The maximum atomic E-state index is 6.52. The zero-order valence-electron chi connectivity index (χ0n) is 18.3. The highest BCUT2D eigenvalue weighted by Crippen LogP contribution is 2.47. The summed E-state index contributed by atoms with van der Waals surface area (Å²) in [5.41, 5.74) is 7.55. The van der Waals surface area contributed by atoms with E-state index in [4.69, 9.17) is 4.74 Å². The average Bonchev–Trinajstić information content (AvgIpc) is 3.49. The third kappa shape index (κ3) is 2.89. The lowest BCUT2D eigenvalue weighted by Crippen LogP contribution is -2.09. The largest absolute Gasteiger partial charge is 0.464 e. The first-order valence-electron chi connectivity index (χ1n) is 11.4. The number of anilines is 1. The van der Waals surface area contributed by atoms with Crippen molar-refractivity contribution in [1.82, 2.24) is 9.55 Å². The van der Waals surface area contributed by atoms with E-state index in [2.05, 4.69) is 87.7 Å². The average molecular weight is 440 g/mol. The fraction of sp³-hybridized carbons (Fsp3) is 0.0333. The molecule has 0 saturated carbocycles. The van der Waals surface area contributed by atoms with Gasteiger partial charge in [0.25, 0.3) is 0 Å². The molecule has 4 nitrogen and oxygen atoms in total. The van der Waals surface area contributed by atoms with E-state index in [9.17, 15) is 0 Å². The monoisotopic (exact) mass is 439 g/mol. The Morgan fingerprint density at radius 2 is 1.59 bits per heavy atom. The first kappa shape index (κ1) is 18.9. The van der Waals surface area contributed by atoms with Gasteiger partial charge in [0, 0.05) is 28.4 Å². The number of nitrogens with zero attached hydrogens (tertiary/aromatic N) is 2.